The third kappa shape index (κ3) is 7.02. The first-order valence-corrected chi connectivity index (χ1v) is 17.5. The van der Waals surface area contributed by atoms with E-state index in [0.717, 1.165) is 27.1 Å². The molecule has 5 aromatic rings. The lowest BCUT2D eigenvalue weighted by Crippen LogP contribution is -2.45. The molecule has 266 valence electrons. The van der Waals surface area contributed by atoms with Gasteiger partial charge in [-0.1, -0.05) is 60.5 Å². The van der Waals surface area contributed by atoms with Crippen LogP contribution in [0.3, 0.4) is 0 Å². The van der Waals surface area contributed by atoms with Crippen molar-refractivity contribution in [1.29, 1.82) is 0 Å². The van der Waals surface area contributed by atoms with Gasteiger partial charge in [-0.25, -0.2) is 4.98 Å². The van der Waals surface area contributed by atoms with Crippen molar-refractivity contribution in [2.45, 2.75) is 49.2 Å². The van der Waals surface area contributed by atoms with Gasteiger partial charge in [-0.05, 0) is 77.6 Å². The Labute approximate surface area is 307 Å². The molecule has 1 aromatic heterocycles. The fourth-order valence-corrected chi connectivity index (χ4v) is 7.41. The third-order valence-corrected chi connectivity index (χ3v) is 10.0. The summed E-state index contributed by atoms with van der Waals surface area (Å²) >= 11 is 1.24. The second kappa shape index (κ2) is 15.8. The summed E-state index contributed by atoms with van der Waals surface area (Å²) in [6.45, 7) is 2.05. The largest absolute Gasteiger partial charge is 0.496 e. The molecular weight excluding hydrogens is 679 g/mol. The number of ketones is 2. The Balaban J connectivity index is 1.45. The zero-order valence-corrected chi connectivity index (χ0v) is 30.5. The third-order valence-electron chi connectivity index (χ3n) is 9.30. The van der Waals surface area contributed by atoms with Crippen molar-refractivity contribution in [3.05, 3.63) is 113 Å². The minimum absolute atomic E-state index is 0.141. The number of aliphatic hydroxyl groups is 1. The topological polar surface area (TPSA) is 113 Å². The summed E-state index contributed by atoms with van der Waals surface area (Å²) in [5.74, 6) is 3.49. The lowest BCUT2D eigenvalue weighted by atomic mass is 9.71. The summed E-state index contributed by atoms with van der Waals surface area (Å²) in [5, 5.41) is 16.5. The number of rotatable bonds is 13. The molecule has 1 N–H and O–H groups in total. The summed E-state index contributed by atoms with van der Waals surface area (Å²) in [6.07, 6.45) is -1.41. The van der Waals surface area contributed by atoms with Gasteiger partial charge in [0.2, 0.25) is 5.88 Å². The summed E-state index contributed by atoms with van der Waals surface area (Å²) in [6, 6.07) is 26.0. The first-order valence-electron chi connectivity index (χ1n) is 16.7. The van der Waals surface area contributed by atoms with Crippen LogP contribution < -0.4 is 23.7 Å². The van der Waals surface area contributed by atoms with E-state index in [-0.39, 0.29) is 24.3 Å². The van der Waals surface area contributed by atoms with Gasteiger partial charge in [0, 0.05) is 22.2 Å². The highest BCUT2D eigenvalue weighted by Crippen LogP contribution is 2.52. The number of aromatic nitrogens is 1. The maximum atomic E-state index is 14.9. The van der Waals surface area contributed by atoms with E-state index < -0.39 is 29.5 Å². The first kappa shape index (κ1) is 36.3. The zero-order valence-electron chi connectivity index (χ0n) is 29.6. The van der Waals surface area contributed by atoms with Crippen molar-refractivity contribution in [1.82, 2.24) is 4.98 Å². The summed E-state index contributed by atoms with van der Waals surface area (Å²) < 4.78 is 28.9. The number of nitrogens with zero attached hydrogens (tertiary/aromatic N) is 1. The van der Waals surface area contributed by atoms with Crippen LogP contribution in [0.15, 0.2) is 89.8 Å². The fraction of sp³-hybridized carbons (Fsp3) is 0.262. The van der Waals surface area contributed by atoms with E-state index in [4.69, 9.17) is 23.7 Å². The average molecular weight is 718 g/mol. The molecular formula is C42H39NO8S. The molecule has 2 unspecified atom stereocenters. The minimum Gasteiger partial charge on any atom is -0.496 e. The maximum Gasteiger partial charge on any atom is 0.225 e. The standard InChI is InChI=1S/C42H39NO8S/c1-26-20-29-21-28-16-18-42(36(45)17-19-52-30-14-10-7-11-15-30,39(28)40(49-4)38(29)41(43-26)50-5)37(46)23-32(44)31-22-34(47-2)35(48-3)24-33(31)51-25-27-12-8-6-9-13-27/h6-15,20-22,24,36,45H,16,18,23,25H2,1-5H3. The molecule has 1 heterocycles. The number of fused-ring (bicyclic) bond motifs is 2. The number of pyridine rings is 1. The van der Waals surface area contributed by atoms with E-state index in [0.29, 0.717) is 40.5 Å². The molecule has 0 saturated heterocycles. The Bertz CT molecular complexity index is 2180. The van der Waals surface area contributed by atoms with Crippen LogP contribution in [-0.4, -0.2) is 56.2 Å². The number of benzene rings is 4. The molecule has 0 fully saturated rings. The van der Waals surface area contributed by atoms with Crippen LogP contribution in [-0.2, 0) is 23.2 Å². The van der Waals surface area contributed by atoms with E-state index in [1.54, 1.807) is 6.07 Å². The van der Waals surface area contributed by atoms with Crippen molar-refractivity contribution in [2.75, 3.05) is 28.4 Å². The maximum absolute atomic E-state index is 14.9. The predicted octanol–water partition coefficient (Wildman–Crippen LogP) is 7.30. The number of aliphatic hydroxyl groups excluding tert-OH is 1. The van der Waals surface area contributed by atoms with Gasteiger partial charge in [0.25, 0.3) is 0 Å². The summed E-state index contributed by atoms with van der Waals surface area (Å²) in [4.78, 5) is 34.7. The first-order chi connectivity index (χ1) is 25.2. The number of Topliss-reactive ketones (excluding diaryl/α,β-unsaturated/α-hetero) is 2. The van der Waals surface area contributed by atoms with Crippen molar-refractivity contribution in [3.63, 3.8) is 0 Å². The number of thioether (sulfide) groups is 1. The lowest BCUT2D eigenvalue weighted by molar-refractivity contribution is -0.126. The number of hydrogen-bond donors (Lipinski definition) is 1. The van der Waals surface area contributed by atoms with Gasteiger partial charge in [-0.15, -0.1) is 0 Å². The SMILES string of the molecule is COc1cc(OCc2ccccc2)c(C(=O)CC(=O)C2(C(O)C#CSc3ccccc3)CCc3cc4cc(C)nc(OC)c4c(OC)c32)cc1OC. The zero-order chi connectivity index (χ0) is 36.8. The van der Waals surface area contributed by atoms with Crippen LogP contribution in [0.25, 0.3) is 10.8 Å². The molecule has 52 heavy (non-hydrogen) atoms. The van der Waals surface area contributed by atoms with Gasteiger partial charge in [0.05, 0.1) is 51.2 Å². The normalized spacial score (nSPS) is 15.2. The van der Waals surface area contributed by atoms with Gasteiger partial charge in [-0.2, -0.15) is 0 Å². The number of carbonyl (C=O) groups excluding carboxylic acids is 2. The number of methoxy groups -OCH3 is 4. The molecule has 0 spiro atoms. The van der Waals surface area contributed by atoms with Gasteiger partial charge < -0.3 is 28.8 Å². The Morgan fingerprint density at radius 2 is 1.58 bits per heavy atom. The molecule has 10 heteroatoms. The van der Waals surface area contributed by atoms with Crippen LogP contribution in [0.4, 0.5) is 0 Å². The van der Waals surface area contributed by atoms with Crippen molar-refractivity contribution < 1.29 is 38.4 Å². The Morgan fingerprint density at radius 1 is 0.885 bits per heavy atom. The van der Waals surface area contributed by atoms with Gasteiger partial charge >= 0.3 is 0 Å². The van der Waals surface area contributed by atoms with Gasteiger partial charge in [-0.3, -0.25) is 9.59 Å². The smallest absolute Gasteiger partial charge is 0.225 e. The molecule has 0 bridgehead atoms. The van der Waals surface area contributed by atoms with Gasteiger partial charge in [0.1, 0.15) is 24.2 Å². The molecule has 0 radical (unpaired) electrons. The molecule has 1 aliphatic rings. The lowest BCUT2D eigenvalue weighted by Gasteiger charge is -2.33. The van der Waals surface area contributed by atoms with E-state index >= 15 is 0 Å². The van der Waals surface area contributed by atoms with E-state index in [1.165, 1.54) is 46.3 Å². The van der Waals surface area contributed by atoms with Crippen LogP contribution >= 0.6 is 11.8 Å². The van der Waals surface area contributed by atoms with E-state index in [2.05, 4.69) is 16.2 Å². The molecule has 1 aliphatic carbocycles. The van der Waals surface area contributed by atoms with Crippen molar-refractivity contribution in [2.24, 2.45) is 0 Å². The second-order valence-electron chi connectivity index (χ2n) is 12.4. The van der Waals surface area contributed by atoms with Crippen molar-refractivity contribution in [3.8, 4) is 40.1 Å². The highest BCUT2D eigenvalue weighted by atomic mass is 32.2. The van der Waals surface area contributed by atoms with Crippen LogP contribution in [0.2, 0.25) is 0 Å². The number of aryl methyl sites for hydroxylation is 2. The quantitative estimate of drug-likeness (QED) is 0.0577. The monoisotopic (exact) mass is 717 g/mol. The minimum atomic E-state index is -1.62. The van der Waals surface area contributed by atoms with Crippen molar-refractivity contribution >= 4 is 34.1 Å². The summed E-state index contributed by atoms with van der Waals surface area (Å²) in [7, 11) is 5.99. The van der Waals surface area contributed by atoms with Crippen LogP contribution in [0.5, 0.6) is 28.9 Å². The molecule has 2 atom stereocenters. The summed E-state index contributed by atoms with van der Waals surface area (Å²) in [5.41, 5.74) is 1.45. The fourth-order valence-electron chi connectivity index (χ4n) is 6.83. The van der Waals surface area contributed by atoms with E-state index in [1.807, 2.05) is 79.7 Å². The second-order valence-corrected chi connectivity index (χ2v) is 13.2. The highest BCUT2D eigenvalue weighted by molar-refractivity contribution is 8.03. The molecule has 0 aliphatic heterocycles. The van der Waals surface area contributed by atoms with Crippen LogP contribution in [0, 0.1) is 18.1 Å². The number of hydrogen-bond acceptors (Lipinski definition) is 10. The van der Waals surface area contributed by atoms with Crippen LogP contribution in [0.1, 0.15) is 45.6 Å². The Hall–Kier alpha value is -5.50. The van der Waals surface area contributed by atoms with Gasteiger partial charge in [0.15, 0.2) is 23.1 Å². The molecule has 6 rings (SSSR count). The Kier molecular flexibility index (Phi) is 11.0. The Morgan fingerprint density at radius 3 is 2.25 bits per heavy atom. The molecule has 0 amide bonds. The number of carbonyl (C=O) groups is 2. The molecule has 0 saturated carbocycles. The highest BCUT2D eigenvalue weighted by Gasteiger charge is 2.53. The average Bonchev–Trinajstić information content (AvgIpc) is 3.56. The van der Waals surface area contributed by atoms with E-state index in [9.17, 15) is 14.7 Å². The predicted molar refractivity (Wildman–Crippen MR) is 200 cm³/mol. The molecule has 4 aromatic carbocycles. The molecule has 9 nitrogen and oxygen atoms in total. The number of ether oxygens (including phenoxy) is 5.